The first-order valence-corrected chi connectivity index (χ1v) is 11.8. The van der Waals surface area contributed by atoms with Gasteiger partial charge in [-0.3, -0.25) is 19.1 Å². The summed E-state index contributed by atoms with van der Waals surface area (Å²) in [4.78, 5) is 42.3. The van der Waals surface area contributed by atoms with E-state index in [1.165, 1.54) is 35.9 Å². The third kappa shape index (κ3) is 5.83. The van der Waals surface area contributed by atoms with Gasteiger partial charge in [0.15, 0.2) is 4.77 Å². The molecular weight excluding hydrogens is 471 g/mol. The van der Waals surface area contributed by atoms with Crippen LogP contribution in [0.15, 0.2) is 47.3 Å². The van der Waals surface area contributed by atoms with E-state index in [-0.39, 0.29) is 23.0 Å². The maximum Gasteiger partial charge on any atom is 0.337 e. The van der Waals surface area contributed by atoms with E-state index < -0.39 is 11.5 Å². The van der Waals surface area contributed by atoms with Gasteiger partial charge in [0.05, 0.1) is 23.6 Å². The van der Waals surface area contributed by atoms with Crippen LogP contribution in [0, 0.1) is 16.5 Å². The molecule has 3 aromatic rings. The van der Waals surface area contributed by atoms with E-state index in [4.69, 9.17) is 17.0 Å². The van der Waals surface area contributed by atoms with E-state index in [0.29, 0.717) is 41.0 Å². The molecule has 0 unspecified atom stereocenters. The van der Waals surface area contributed by atoms with Crippen molar-refractivity contribution in [3.05, 3.63) is 74.5 Å². The predicted molar refractivity (Wildman–Crippen MR) is 132 cm³/mol. The lowest BCUT2D eigenvalue weighted by Gasteiger charge is -2.32. The molecule has 0 bridgehead atoms. The number of benzene rings is 2. The van der Waals surface area contributed by atoms with Crippen molar-refractivity contribution in [2.75, 3.05) is 26.7 Å². The van der Waals surface area contributed by atoms with Crippen LogP contribution in [0.25, 0.3) is 10.9 Å². The number of esters is 1. The number of hydrogen-bond acceptors (Lipinski definition) is 6. The summed E-state index contributed by atoms with van der Waals surface area (Å²) in [6, 6.07) is 11.3. The standard InChI is InChI=1S/C25H27FN4O4S/c1-34-24(33)17-6-7-19-21(12-17)28-25(35)30(23(19)32)15-22(31)27-13-16-8-10-29(11-9-16)14-18-4-2-3-5-20(18)26/h2-7,12,16H,8-11,13-15H2,1H3,(H,27,31)(H,28,35). The Morgan fingerprint density at radius 2 is 1.94 bits per heavy atom. The van der Waals surface area contributed by atoms with Crippen molar-refractivity contribution in [1.29, 1.82) is 0 Å². The molecule has 1 aliphatic rings. The lowest BCUT2D eigenvalue weighted by molar-refractivity contribution is -0.122. The third-order valence-electron chi connectivity index (χ3n) is 6.35. The summed E-state index contributed by atoms with van der Waals surface area (Å²) in [7, 11) is 1.28. The summed E-state index contributed by atoms with van der Waals surface area (Å²) in [5.74, 6) is -0.692. The van der Waals surface area contributed by atoms with Crippen molar-refractivity contribution in [2.45, 2.75) is 25.9 Å². The smallest absolute Gasteiger partial charge is 0.337 e. The number of nitrogens with one attached hydrogen (secondary N) is 2. The number of fused-ring (bicyclic) bond motifs is 1. The zero-order valence-corrected chi connectivity index (χ0v) is 20.2. The summed E-state index contributed by atoms with van der Waals surface area (Å²) in [6.07, 6.45) is 1.79. The lowest BCUT2D eigenvalue weighted by Crippen LogP contribution is -2.40. The molecule has 4 rings (SSSR count). The molecule has 0 radical (unpaired) electrons. The molecule has 1 fully saturated rings. The van der Waals surface area contributed by atoms with Crippen LogP contribution in [-0.4, -0.2) is 53.1 Å². The second-order valence-corrected chi connectivity index (χ2v) is 9.08. The van der Waals surface area contributed by atoms with Crippen LogP contribution in [0.4, 0.5) is 4.39 Å². The number of carbonyl (C=O) groups excluding carboxylic acids is 2. The number of aromatic amines is 1. The molecule has 2 N–H and O–H groups in total. The SMILES string of the molecule is COC(=O)c1ccc2c(=O)n(CC(=O)NCC3CCN(Cc4ccccc4F)CC3)c(=S)[nH]c2c1. The molecule has 0 atom stereocenters. The fourth-order valence-electron chi connectivity index (χ4n) is 4.32. The molecule has 2 heterocycles. The number of carbonyl (C=O) groups is 2. The average Bonchev–Trinajstić information content (AvgIpc) is 2.86. The van der Waals surface area contributed by atoms with Gasteiger partial charge in [0.2, 0.25) is 5.91 Å². The second kappa shape index (κ2) is 10.9. The first-order valence-electron chi connectivity index (χ1n) is 11.4. The van der Waals surface area contributed by atoms with E-state index in [1.807, 2.05) is 6.07 Å². The third-order valence-corrected chi connectivity index (χ3v) is 6.67. The summed E-state index contributed by atoms with van der Waals surface area (Å²) in [6.45, 7) is 2.55. The van der Waals surface area contributed by atoms with E-state index >= 15 is 0 Å². The van der Waals surface area contributed by atoms with Crippen molar-refractivity contribution in [1.82, 2.24) is 19.8 Å². The monoisotopic (exact) mass is 498 g/mol. The number of nitrogens with zero attached hydrogens (tertiary/aromatic N) is 2. The van der Waals surface area contributed by atoms with Crippen LogP contribution in [0.1, 0.15) is 28.8 Å². The van der Waals surface area contributed by atoms with Crippen LogP contribution in [0.5, 0.6) is 0 Å². The van der Waals surface area contributed by atoms with Crippen molar-refractivity contribution >= 4 is 35.0 Å². The van der Waals surface area contributed by atoms with Gasteiger partial charge in [0, 0.05) is 18.7 Å². The quantitative estimate of drug-likeness (QED) is 0.384. The summed E-state index contributed by atoms with van der Waals surface area (Å²) in [5, 5.41) is 3.23. The zero-order chi connectivity index (χ0) is 24.9. The molecule has 0 spiro atoms. The number of H-pyrrole nitrogens is 1. The van der Waals surface area contributed by atoms with Crippen molar-refractivity contribution < 1.29 is 18.7 Å². The van der Waals surface area contributed by atoms with E-state index in [9.17, 15) is 18.8 Å². The number of amides is 1. The molecule has 0 aliphatic carbocycles. The van der Waals surface area contributed by atoms with Crippen LogP contribution < -0.4 is 10.9 Å². The van der Waals surface area contributed by atoms with Crippen molar-refractivity contribution in [3.63, 3.8) is 0 Å². The summed E-state index contributed by atoms with van der Waals surface area (Å²) in [5.41, 5.74) is 0.983. The molecule has 184 valence electrons. The Bertz CT molecular complexity index is 1360. The zero-order valence-electron chi connectivity index (χ0n) is 19.4. The van der Waals surface area contributed by atoms with Gasteiger partial charge >= 0.3 is 5.97 Å². The predicted octanol–water partition coefficient (Wildman–Crippen LogP) is 3.01. The number of rotatable bonds is 7. The Morgan fingerprint density at radius 3 is 2.66 bits per heavy atom. The highest BCUT2D eigenvalue weighted by Crippen LogP contribution is 2.19. The number of likely N-dealkylation sites (tertiary alicyclic amines) is 1. The minimum absolute atomic E-state index is 0.0983. The van der Waals surface area contributed by atoms with E-state index in [2.05, 4.69) is 15.2 Å². The molecule has 1 saturated heterocycles. The highest BCUT2D eigenvalue weighted by Gasteiger charge is 2.21. The highest BCUT2D eigenvalue weighted by atomic mass is 32.1. The van der Waals surface area contributed by atoms with Crippen LogP contribution >= 0.6 is 12.2 Å². The minimum atomic E-state index is -0.521. The minimum Gasteiger partial charge on any atom is -0.465 e. The Hall–Kier alpha value is -3.37. The summed E-state index contributed by atoms with van der Waals surface area (Å²) < 4.78 is 19.9. The number of ether oxygens (including phenoxy) is 1. The van der Waals surface area contributed by atoms with Gasteiger partial charge in [-0.15, -0.1) is 0 Å². The highest BCUT2D eigenvalue weighted by molar-refractivity contribution is 7.71. The van der Waals surface area contributed by atoms with E-state index in [0.717, 1.165) is 25.9 Å². The van der Waals surface area contributed by atoms with Gasteiger partial charge in [-0.1, -0.05) is 18.2 Å². The molecular formula is C25H27FN4O4S. The average molecular weight is 499 g/mol. The Labute approximate surface area is 206 Å². The molecule has 8 nitrogen and oxygen atoms in total. The normalized spacial score (nSPS) is 14.7. The van der Waals surface area contributed by atoms with Gasteiger partial charge in [0.1, 0.15) is 12.4 Å². The molecule has 35 heavy (non-hydrogen) atoms. The number of halogens is 1. The van der Waals surface area contributed by atoms with Crippen molar-refractivity contribution in [2.24, 2.45) is 5.92 Å². The van der Waals surface area contributed by atoms with Gasteiger partial charge in [-0.05, 0) is 68.3 Å². The molecule has 1 amide bonds. The number of methoxy groups -OCH3 is 1. The van der Waals surface area contributed by atoms with Gasteiger partial charge in [-0.25, -0.2) is 9.18 Å². The molecule has 10 heteroatoms. The van der Waals surface area contributed by atoms with Gasteiger partial charge in [0.25, 0.3) is 5.56 Å². The van der Waals surface area contributed by atoms with Crippen LogP contribution in [0.3, 0.4) is 0 Å². The first kappa shape index (κ1) is 24.7. The van der Waals surface area contributed by atoms with Gasteiger partial charge in [-0.2, -0.15) is 0 Å². The van der Waals surface area contributed by atoms with Gasteiger partial charge < -0.3 is 15.0 Å². The maximum atomic E-state index is 13.9. The number of aromatic nitrogens is 2. The Balaban J connectivity index is 1.32. The Morgan fingerprint density at radius 1 is 1.20 bits per heavy atom. The summed E-state index contributed by atoms with van der Waals surface area (Å²) >= 11 is 5.29. The largest absolute Gasteiger partial charge is 0.465 e. The van der Waals surface area contributed by atoms with Crippen LogP contribution in [0.2, 0.25) is 0 Å². The van der Waals surface area contributed by atoms with E-state index in [1.54, 1.807) is 12.1 Å². The topological polar surface area (TPSA) is 96.4 Å². The Kier molecular flexibility index (Phi) is 7.72. The fourth-order valence-corrected chi connectivity index (χ4v) is 4.57. The molecule has 2 aromatic carbocycles. The lowest BCUT2D eigenvalue weighted by atomic mass is 9.96. The fraction of sp³-hybridized carbons (Fsp3) is 0.360. The number of piperidine rings is 1. The second-order valence-electron chi connectivity index (χ2n) is 8.69. The molecule has 1 aliphatic heterocycles. The number of hydrogen-bond donors (Lipinski definition) is 2. The molecule has 1 aromatic heterocycles. The molecule has 0 saturated carbocycles. The first-order chi connectivity index (χ1) is 16.9. The maximum absolute atomic E-state index is 13.9. The van der Waals surface area contributed by atoms with Crippen molar-refractivity contribution in [3.8, 4) is 0 Å². The van der Waals surface area contributed by atoms with Crippen LogP contribution in [-0.2, 0) is 22.6 Å².